The largest absolute Gasteiger partial charge is 0.322 e. The van der Waals surface area contributed by atoms with Crippen LogP contribution in [-0.4, -0.2) is 10.8 Å². The van der Waals surface area contributed by atoms with Gasteiger partial charge in [0.05, 0.1) is 0 Å². The van der Waals surface area contributed by atoms with E-state index in [4.69, 9.17) is 5.73 Å². The van der Waals surface area contributed by atoms with E-state index in [1.165, 1.54) is 5.56 Å². The highest BCUT2D eigenvalue weighted by molar-refractivity contribution is 6.16. The lowest BCUT2D eigenvalue weighted by Gasteiger charge is -2.19. The van der Waals surface area contributed by atoms with Gasteiger partial charge in [0.25, 0.3) is 0 Å². The molecule has 0 spiro atoms. The van der Waals surface area contributed by atoms with Crippen molar-refractivity contribution in [3.63, 3.8) is 0 Å². The normalized spacial score (nSPS) is 18.2. The minimum absolute atomic E-state index is 0. The molecule has 0 fully saturated rings. The van der Waals surface area contributed by atoms with Gasteiger partial charge >= 0.3 is 0 Å². The molecular formula is C20H20Cl2N2O. The van der Waals surface area contributed by atoms with Crippen LogP contribution in [0.4, 0.5) is 0 Å². The van der Waals surface area contributed by atoms with Crippen LogP contribution in [0.1, 0.15) is 40.4 Å². The highest BCUT2D eigenvalue weighted by atomic mass is 35.5. The van der Waals surface area contributed by atoms with Crippen LogP contribution in [0.2, 0.25) is 0 Å². The van der Waals surface area contributed by atoms with E-state index < -0.39 is 0 Å². The molecule has 0 aliphatic heterocycles. The molecule has 0 saturated heterocycles. The van der Waals surface area contributed by atoms with Gasteiger partial charge in [0, 0.05) is 34.4 Å². The number of hydrogen-bond acceptors (Lipinski definition) is 3. The third kappa shape index (κ3) is 3.28. The lowest BCUT2D eigenvalue weighted by atomic mass is 9.92. The monoisotopic (exact) mass is 374 g/mol. The van der Waals surface area contributed by atoms with Crippen molar-refractivity contribution in [2.75, 3.05) is 0 Å². The lowest BCUT2D eigenvalue weighted by molar-refractivity contribution is 0.104. The van der Waals surface area contributed by atoms with E-state index in [1.54, 1.807) is 12.4 Å². The van der Waals surface area contributed by atoms with Crippen LogP contribution in [0, 0.1) is 0 Å². The van der Waals surface area contributed by atoms with Gasteiger partial charge in [-0.15, -0.1) is 24.8 Å². The van der Waals surface area contributed by atoms with Crippen molar-refractivity contribution in [2.45, 2.75) is 25.3 Å². The molecule has 5 heteroatoms. The molecule has 2 aromatic carbocycles. The fraction of sp³-hybridized carbons (Fsp3) is 0.200. The first-order valence-electron chi connectivity index (χ1n) is 7.86. The van der Waals surface area contributed by atoms with Gasteiger partial charge in [-0.25, -0.2) is 0 Å². The number of ketones is 1. The second-order valence-electron chi connectivity index (χ2n) is 6.52. The van der Waals surface area contributed by atoms with E-state index in [1.807, 2.05) is 42.5 Å². The number of benzene rings is 2. The number of aromatic nitrogens is 1. The van der Waals surface area contributed by atoms with Crippen molar-refractivity contribution in [3.8, 4) is 0 Å². The Bertz CT molecular complexity index is 933. The molecular weight excluding hydrogens is 355 g/mol. The van der Waals surface area contributed by atoms with E-state index in [0.29, 0.717) is 0 Å². The van der Waals surface area contributed by atoms with Gasteiger partial charge in [-0.3, -0.25) is 9.78 Å². The highest BCUT2D eigenvalue weighted by Gasteiger charge is 2.30. The summed E-state index contributed by atoms with van der Waals surface area (Å²) in [6.07, 6.45) is 5.37. The molecule has 1 aliphatic rings. The number of pyridine rings is 1. The number of fused-ring (bicyclic) bond motifs is 2. The van der Waals surface area contributed by atoms with Gasteiger partial charge in [-0.1, -0.05) is 30.3 Å². The molecule has 25 heavy (non-hydrogen) atoms. The van der Waals surface area contributed by atoms with E-state index in [2.05, 4.69) is 11.9 Å². The third-order valence-corrected chi connectivity index (χ3v) is 4.82. The second kappa shape index (κ2) is 7.12. The number of carbonyl (C=O) groups excluding carboxylic acids is 1. The van der Waals surface area contributed by atoms with E-state index in [0.717, 1.165) is 40.3 Å². The van der Waals surface area contributed by atoms with Crippen LogP contribution in [0.25, 0.3) is 10.8 Å². The van der Waals surface area contributed by atoms with Crippen LogP contribution in [-0.2, 0) is 12.0 Å². The molecule has 3 aromatic rings. The lowest BCUT2D eigenvalue weighted by Crippen LogP contribution is -2.29. The summed E-state index contributed by atoms with van der Waals surface area (Å²) in [6, 6.07) is 13.6. The molecule has 0 bridgehead atoms. The predicted octanol–water partition coefficient (Wildman–Crippen LogP) is 4.43. The summed E-state index contributed by atoms with van der Waals surface area (Å²) in [5, 5.41) is 1.92. The first-order valence-corrected chi connectivity index (χ1v) is 7.86. The molecule has 2 N–H and O–H groups in total. The van der Waals surface area contributed by atoms with Gasteiger partial charge in [-0.05, 0) is 48.4 Å². The summed E-state index contributed by atoms with van der Waals surface area (Å²) < 4.78 is 0. The fourth-order valence-corrected chi connectivity index (χ4v) is 3.50. The topological polar surface area (TPSA) is 56.0 Å². The Balaban J connectivity index is 0.00000113. The van der Waals surface area contributed by atoms with Gasteiger partial charge in [0.2, 0.25) is 0 Å². The van der Waals surface area contributed by atoms with Crippen LogP contribution >= 0.6 is 24.8 Å². The quantitative estimate of drug-likeness (QED) is 0.675. The molecule has 0 amide bonds. The maximum absolute atomic E-state index is 13.0. The minimum Gasteiger partial charge on any atom is -0.322 e. The zero-order chi connectivity index (χ0) is 16.0. The van der Waals surface area contributed by atoms with E-state index in [9.17, 15) is 4.79 Å². The van der Waals surface area contributed by atoms with Gasteiger partial charge in [0.15, 0.2) is 5.78 Å². The molecule has 1 aliphatic carbocycles. The summed E-state index contributed by atoms with van der Waals surface area (Å²) in [5.41, 5.74) is 9.84. The van der Waals surface area contributed by atoms with Crippen LogP contribution in [0.15, 0.2) is 54.9 Å². The zero-order valence-electron chi connectivity index (χ0n) is 13.9. The van der Waals surface area contributed by atoms with E-state index >= 15 is 0 Å². The Morgan fingerprint density at radius 1 is 1.16 bits per heavy atom. The van der Waals surface area contributed by atoms with Gasteiger partial charge in [0.1, 0.15) is 0 Å². The Morgan fingerprint density at radius 2 is 1.96 bits per heavy atom. The van der Waals surface area contributed by atoms with Crippen LogP contribution in [0.5, 0.6) is 0 Å². The molecule has 1 atom stereocenters. The Kier molecular flexibility index (Phi) is 5.52. The summed E-state index contributed by atoms with van der Waals surface area (Å²) in [6.45, 7) is 2.05. The van der Waals surface area contributed by atoms with Crippen molar-refractivity contribution in [3.05, 3.63) is 77.1 Å². The number of aryl methyl sites for hydroxylation is 1. The number of nitrogens with two attached hydrogens (primary N) is 1. The molecule has 1 heterocycles. The molecule has 0 radical (unpaired) electrons. The Hall–Kier alpha value is -1.94. The zero-order valence-corrected chi connectivity index (χ0v) is 15.5. The SMILES string of the molecule is CC1(N)CCc2cc(C(=O)c3cccc4cnccc34)ccc21.Cl.Cl. The summed E-state index contributed by atoms with van der Waals surface area (Å²) in [7, 11) is 0. The van der Waals surface area contributed by atoms with Crippen molar-refractivity contribution < 1.29 is 4.79 Å². The summed E-state index contributed by atoms with van der Waals surface area (Å²) in [4.78, 5) is 17.1. The number of rotatable bonds is 2. The van der Waals surface area contributed by atoms with Gasteiger partial charge < -0.3 is 5.73 Å². The summed E-state index contributed by atoms with van der Waals surface area (Å²) in [5.74, 6) is 0.0511. The molecule has 1 unspecified atom stereocenters. The van der Waals surface area contributed by atoms with Crippen molar-refractivity contribution in [1.29, 1.82) is 0 Å². The fourth-order valence-electron chi connectivity index (χ4n) is 3.50. The smallest absolute Gasteiger partial charge is 0.193 e. The Morgan fingerprint density at radius 3 is 2.76 bits per heavy atom. The van der Waals surface area contributed by atoms with Crippen LogP contribution < -0.4 is 5.73 Å². The molecule has 4 rings (SSSR count). The number of halogens is 2. The maximum atomic E-state index is 13.0. The third-order valence-electron chi connectivity index (χ3n) is 4.82. The highest BCUT2D eigenvalue weighted by Crippen LogP contribution is 2.35. The van der Waals surface area contributed by atoms with E-state index in [-0.39, 0.29) is 36.1 Å². The second-order valence-corrected chi connectivity index (χ2v) is 6.52. The van der Waals surface area contributed by atoms with Crippen molar-refractivity contribution in [2.24, 2.45) is 5.73 Å². The molecule has 130 valence electrons. The van der Waals surface area contributed by atoms with Crippen molar-refractivity contribution >= 4 is 41.4 Å². The maximum Gasteiger partial charge on any atom is 0.193 e. The van der Waals surface area contributed by atoms with Gasteiger partial charge in [-0.2, -0.15) is 0 Å². The molecule has 3 nitrogen and oxygen atoms in total. The number of carbonyl (C=O) groups is 1. The molecule has 1 aromatic heterocycles. The average molecular weight is 375 g/mol. The van der Waals surface area contributed by atoms with Crippen LogP contribution in [0.3, 0.4) is 0 Å². The molecule has 0 saturated carbocycles. The summed E-state index contributed by atoms with van der Waals surface area (Å²) >= 11 is 0. The Labute approximate surface area is 159 Å². The van der Waals surface area contributed by atoms with Crippen molar-refractivity contribution in [1.82, 2.24) is 4.98 Å². The number of hydrogen-bond donors (Lipinski definition) is 1. The average Bonchev–Trinajstić information content (AvgIpc) is 2.88. The number of nitrogens with zero attached hydrogens (tertiary/aromatic N) is 1. The minimum atomic E-state index is -0.276. The standard InChI is InChI=1S/C20H18N2O.2ClH/c1-20(21)9-7-13-11-14(5-6-18(13)20)19(23)17-4-2-3-15-12-22-10-8-16(15)17;;/h2-6,8,10-12H,7,9,21H2,1H3;2*1H. The predicted molar refractivity (Wildman–Crippen MR) is 106 cm³/mol. The first kappa shape index (κ1) is 19.4. The first-order chi connectivity index (χ1) is 11.1.